The Balaban J connectivity index is 1.77. The molecule has 146 valence electrons. The first-order chi connectivity index (χ1) is 14.0. The van der Waals surface area contributed by atoms with E-state index in [1.165, 1.54) is 24.7 Å². The zero-order valence-electron chi connectivity index (χ0n) is 15.1. The molecule has 0 aliphatic carbocycles. The number of thiophene rings is 1. The van der Waals surface area contributed by atoms with E-state index in [9.17, 15) is 9.59 Å². The van der Waals surface area contributed by atoms with Crippen LogP contribution in [0.5, 0.6) is 11.5 Å². The van der Waals surface area contributed by atoms with Crippen LogP contribution in [-0.2, 0) is 4.79 Å². The van der Waals surface area contributed by atoms with Gasteiger partial charge < -0.3 is 9.47 Å². The maximum Gasteiger partial charge on any atom is 0.355 e. The third-order valence-corrected chi connectivity index (χ3v) is 5.41. The van der Waals surface area contributed by atoms with Crippen LogP contribution in [0.2, 0.25) is 5.02 Å². The highest BCUT2D eigenvalue weighted by Crippen LogP contribution is 2.36. The molecular formula is C20H14ClN3O4S. The molecule has 9 heteroatoms. The summed E-state index contributed by atoms with van der Waals surface area (Å²) < 4.78 is 11.6. The Labute approximate surface area is 175 Å². The fourth-order valence-electron chi connectivity index (χ4n) is 2.43. The quantitative estimate of drug-likeness (QED) is 0.275. The minimum absolute atomic E-state index is 0.219. The third-order valence-electron chi connectivity index (χ3n) is 3.75. The van der Waals surface area contributed by atoms with Gasteiger partial charge in [0.25, 0.3) is 5.91 Å². The Morgan fingerprint density at radius 3 is 2.79 bits per heavy atom. The van der Waals surface area contributed by atoms with Crippen molar-refractivity contribution >= 4 is 51.1 Å². The molecule has 1 aromatic heterocycles. The van der Waals surface area contributed by atoms with E-state index in [1.807, 2.05) is 24.3 Å². The van der Waals surface area contributed by atoms with E-state index < -0.39 is 11.9 Å². The van der Waals surface area contributed by atoms with E-state index >= 15 is 0 Å². The molecule has 0 fully saturated rings. The van der Waals surface area contributed by atoms with Crippen LogP contribution in [0.15, 0.2) is 47.6 Å². The second kappa shape index (κ2) is 9.19. The van der Waals surface area contributed by atoms with E-state index in [1.54, 1.807) is 24.3 Å². The predicted octanol–water partition coefficient (Wildman–Crippen LogP) is 4.15. The molecule has 1 amide bonds. The van der Waals surface area contributed by atoms with Crippen LogP contribution < -0.4 is 14.9 Å². The highest BCUT2D eigenvalue weighted by Gasteiger charge is 2.20. The Bertz CT molecular complexity index is 1150. The molecule has 0 radical (unpaired) electrons. The van der Waals surface area contributed by atoms with Gasteiger partial charge in [-0.15, -0.1) is 11.3 Å². The number of hydrogen-bond donors (Lipinski definition) is 1. The monoisotopic (exact) mass is 427 g/mol. The summed E-state index contributed by atoms with van der Waals surface area (Å²) in [7, 11) is 1.44. The molecule has 3 rings (SSSR count). The smallest absolute Gasteiger partial charge is 0.355 e. The van der Waals surface area contributed by atoms with Crippen LogP contribution in [0, 0.1) is 11.3 Å². The molecule has 1 heterocycles. The van der Waals surface area contributed by atoms with Crippen LogP contribution in [0.25, 0.3) is 10.1 Å². The highest BCUT2D eigenvalue weighted by atomic mass is 35.5. The lowest BCUT2D eigenvalue weighted by molar-refractivity contribution is -0.120. The van der Waals surface area contributed by atoms with Gasteiger partial charge in [-0.25, -0.2) is 10.2 Å². The average molecular weight is 428 g/mol. The topological polar surface area (TPSA) is 101 Å². The van der Waals surface area contributed by atoms with Gasteiger partial charge in [-0.3, -0.25) is 4.79 Å². The van der Waals surface area contributed by atoms with Gasteiger partial charge in [-0.2, -0.15) is 10.4 Å². The number of benzene rings is 2. The number of hydrogen-bond acceptors (Lipinski definition) is 7. The summed E-state index contributed by atoms with van der Waals surface area (Å²) in [5, 5.41) is 13.3. The Kier molecular flexibility index (Phi) is 6.44. The zero-order chi connectivity index (χ0) is 20.8. The van der Waals surface area contributed by atoms with Crippen LogP contribution in [0.4, 0.5) is 0 Å². The molecule has 0 unspecified atom stereocenters. The molecule has 0 atom stereocenters. The minimum atomic E-state index is -0.584. The van der Waals surface area contributed by atoms with Gasteiger partial charge in [-0.05, 0) is 29.8 Å². The zero-order valence-corrected chi connectivity index (χ0v) is 16.7. The summed E-state index contributed by atoms with van der Waals surface area (Å²) in [5.74, 6) is -0.569. The first-order valence-electron chi connectivity index (χ1n) is 8.29. The third kappa shape index (κ3) is 4.71. The number of halogens is 1. The summed E-state index contributed by atoms with van der Waals surface area (Å²) in [6, 6.07) is 13.9. The van der Waals surface area contributed by atoms with Gasteiger partial charge >= 0.3 is 5.97 Å². The van der Waals surface area contributed by atoms with Crippen molar-refractivity contribution in [2.45, 2.75) is 6.42 Å². The van der Waals surface area contributed by atoms with Crippen LogP contribution in [0.1, 0.15) is 21.7 Å². The van der Waals surface area contributed by atoms with Gasteiger partial charge in [-0.1, -0.05) is 29.8 Å². The molecule has 0 bridgehead atoms. The molecule has 2 aromatic carbocycles. The number of rotatable bonds is 6. The van der Waals surface area contributed by atoms with Gasteiger partial charge in [0, 0.05) is 10.1 Å². The molecule has 29 heavy (non-hydrogen) atoms. The average Bonchev–Trinajstić information content (AvgIpc) is 3.06. The van der Waals surface area contributed by atoms with E-state index in [4.69, 9.17) is 26.3 Å². The van der Waals surface area contributed by atoms with E-state index in [-0.39, 0.29) is 12.2 Å². The molecule has 0 aliphatic heterocycles. The SMILES string of the molecule is COc1cc(/C=N/NC(=O)CC#N)ccc1OC(=O)c1sc2ccccc2c1Cl. The number of fused-ring (bicyclic) bond motifs is 1. The Morgan fingerprint density at radius 2 is 2.07 bits per heavy atom. The first-order valence-corrected chi connectivity index (χ1v) is 9.49. The number of ether oxygens (including phenoxy) is 2. The number of nitrogens with one attached hydrogen (secondary N) is 1. The summed E-state index contributed by atoms with van der Waals surface area (Å²) in [6.07, 6.45) is 1.10. The standard InChI is InChI=1S/C20H14ClN3O4S/c1-27-15-10-12(11-23-24-17(25)8-9-22)6-7-14(15)28-20(26)19-18(21)13-4-2-3-5-16(13)29-19/h2-7,10-11H,8H2,1H3,(H,24,25)/b23-11+. The van der Waals surface area contributed by atoms with Crippen molar-refractivity contribution in [3.05, 3.63) is 57.9 Å². The van der Waals surface area contributed by atoms with Gasteiger partial charge in [0.05, 0.1) is 24.4 Å². The fourth-order valence-corrected chi connectivity index (χ4v) is 3.82. The summed E-state index contributed by atoms with van der Waals surface area (Å²) in [5.41, 5.74) is 2.82. The number of carbonyl (C=O) groups is 2. The molecule has 1 N–H and O–H groups in total. The minimum Gasteiger partial charge on any atom is -0.493 e. The number of hydrazone groups is 1. The van der Waals surface area contributed by atoms with Crippen molar-refractivity contribution in [2.75, 3.05) is 7.11 Å². The summed E-state index contributed by atoms with van der Waals surface area (Å²) >= 11 is 7.58. The van der Waals surface area contributed by atoms with Crippen molar-refractivity contribution in [3.63, 3.8) is 0 Å². The number of methoxy groups -OCH3 is 1. The van der Waals surface area contributed by atoms with E-state index in [0.29, 0.717) is 21.2 Å². The van der Waals surface area contributed by atoms with Crippen molar-refractivity contribution in [2.24, 2.45) is 5.10 Å². The number of nitrogens with zero attached hydrogens (tertiary/aromatic N) is 2. The van der Waals surface area contributed by atoms with Gasteiger partial charge in [0.1, 0.15) is 11.3 Å². The maximum atomic E-state index is 12.6. The molecule has 0 saturated heterocycles. The first kappa shape index (κ1) is 20.3. The number of esters is 1. The molecular weight excluding hydrogens is 414 g/mol. The molecule has 3 aromatic rings. The largest absolute Gasteiger partial charge is 0.493 e. The lowest BCUT2D eigenvalue weighted by Gasteiger charge is -2.09. The number of nitriles is 1. The number of carbonyl (C=O) groups excluding carboxylic acids is 2. The van der Waals surface area contributed by atoms with Crippen molar-refractivity contribution in [3.8, 4) is 17.6 Å². The normalized spacial score (nSPS) is 10.7. The molecule has 0 saturated carbocycles. The molecule has 0 aliphatic rings. The molecule has 7 nitrogen and oxygen atoms in total. The summed E-state index contributed by atoms with van der Waals surface area (Å²) in [6.45, 7) is 0. The van der Waals surface area contributed by atoms with Crippen molar-refractivity contribution < 1.29 is 19.1 Å². The lowest BCUT2D eigenvalue weighted by Crippen LogP contribution is -2.16. The lowest BCUT2D eigenvalue weighted by atomic mass is 10.2. The van der Waals surface area contributed by atoms with Crippen LogP contribution in [0.3, 0.4) is 0 Å². The Morgan fingerprint density at radius 1 is 1.28 bits per heavy atom. The summed E-state index contributed by atoms with van der Waals surface area (Å²) in [4.78, 5) is 24.1. The van der Waals surface area contributed by atoms with Gasteiger partial charge in [0.2, 0.25) is 0 Å². The van der Waals surface area contributed by atoms with Crippen LogP contribution >= 0.6 is 22.9 Å². The number of amides is 1. The highest BCUT2D eigenvalue weighted by molar-refractivity contribution is 7.21. The van der Waals surface area contributed by atoms with Crippen molar-refractivity contribution in [1.82, 2.24) is 5.43 Å². The van der Waals surface area contributed by atoms with E-state index in [0.717, 1.165) is 10.1 Å². The fraction of sp³-hybridized carbons (Fsp3) is 0.100. The van der Waals surface area contributed by atoms with Crippen LogP contribution in [-0.4, -0.2) is 25.2 Å². The second-order valence-corrected chi connectivity index (χ2v) is 7.10. The maximum absolute atomic E-state index is 12.6. The van der Waals surface area contributed by atoms with E-state index in [2.05, 4.69) is 10.5 Å². The predicted molar refractivity (Wildman–Crippen MR) is 111 cm³/mol. The van der Waals surface area contributed by atoms with Crippen molar-refractivity contribution in [1.29, 1.82) is 5.26 Å². The second-order valence-electron chi connectivity index (χ2n) is 5.67. The molecule has 0 spiro atoms. The Hall–Kier alpha value is -3.41. The van der Waals surface area contributed by atoms with Gasteiger partial charge in [0.15, 0.2) is 11.5 Å².